The summed E-state index contributed by atoms with van der Waals surface area (Å²) >= 11 is 0. The van der Waals surface area contributed by atoms with Crippen LogP contribution in [0.4, 0.5) is 0 Å². The third kappa shape index (κ3) is 4.96. The molecule has 0 heterocycles. The summed E-state index contributed by atoms with van der Waals surface area (Å²) < 4.78 is 16.6. The largest absolute Gasteiger partial charge is 0.490 e. The maximum absolute atomic E-state index is 5.85. The van der Waals surface area contributed by atoms with E-state index in [1.165, 1.54) is 5.56 Å². The lowest BCUT2D eigenvalue weighted by atomic mass is 10.2. The van der Waals surface area contributed by atoms with Gasteiger partial charge in [-0.1, -0.05) is 13.0 Å². The van der Waals surface area contributed by atoms with Crippen molar-refractivity contribution >= 4 is 0 Å². The Morgan fingerprint density at radius 1 is 1.17 bits per heavy atom. The molecule has 0 saturated heterocycles. The number of hydrogen-bond donors (Lipinski definition) is 0. The highest BCUT2D eigenvalue weighted by atomic mass is 16.5. The second-order valence-electron chi connectivity index (χ2n) is 4.48. The summed E-state index contributed by atoms with van der Waals surface area (Å²) in [6, 6.07) is 6.04. The Balaban J connectivity index is 2.64. The molecule has 3 nitrogen and oxygen atoms in total. The Hall–Kier alpha value is -1.22. The number of hydrogen-bond acceptors (Lipinski definition) is 3. The molecule has 0 radical (unpaired) electrons. The molecule has 1 unspecified atom stereocenters. The van der Waals surface area contributed by atoms with Gasteiger partial charge in [-0.15, -0.1) is 0 Å². The molecule has 0 N–H and O–H groups in total. The fraction of sp³-hybridized carbons (Fsp3) is 0.600. The van der Waals surface area contributed by atoms with Gasteiger partial charge in [0.2, 0.25) is 0 Å². The summed E-state index contributed by atoms with van der Waals surface area (Å²) in [5, 5.41) is 0. The molecule has 0 bridgehead atoms. The molecule has 0 aliphatic carbocycles. The molecular weight excluding hydrogens is 228 g/mol. The van der Waals surface area contributed by atoms with Crippen LogP contribution in [0, 0.1) is 6.92 Å². The molecular formula is C15H24O3. The maximum atomic E-state index is 5.85. The lowest BCUT2D eigenvalue weighted by molar-refractivity contribution is 0.165. The average molecular weight is 252 g/mol. The molecule has 0 saturated carbocycles. The molecule has 0 fully saturated rings. The van der Waals surface area contributed by atoms with Crippen LogP contribution in [0.1, 0.15) is 32.3 Å². The first-order valence-corrected chi connectivity index (χ1v) is 6.56. The van der Waals surface area contributed by atoms with Crippen molar-refractivity contribution in [1.29, 1.82) is 0 Å². The normalized spacial score (nSPS) is 12.2. The first kappa shape index (κ1) is 14.8. The first-order chi connectivity index (χ1) is 8.67. The van der Waals surface area contributed by atoms with Crippen molar-refractivity contribution in [3.05, 3.63) is 23.8 Å². The highest BCUT2D eigenvalue weighted by molar-refractivity contribution is 5.42. The molecule has 0 aliphatic heterocycles. The van der Waals surface area contributed by atoms with Crippen molar-refractivity contribution in [2.75, 3.05) is 20.3 Å². The molecule has 0 aromatic heterocycles. The van der Waals surface area contributed by atoms with Crippen LogP contribution in [0.2, 0.25) is 0 Å². The predicted octanol–water partition coefficient (Wildman–Crippen LogP) is 3.59. The summed E-state index contributed by atoms with van der Waals surface area (Å²) in [5.74, 6) is 1.65. The van der Waals surface area contributed by atoms with Crippen LogP contribution in [0.5, 0.6) is 11.5 Å². The fourth-order valence-electron chi connectivity index (χ4n) is 1.51. The van der Waals surface area contributed by atoms with Gasteiger partial charge in [0.05, 0.1) is 12.7 Å². The van der Waals surface area contributed by atoms with E-state index in [2.05, 4.69) is 20.8 Å². The van der Waals surface area contributed by atoms with Gasteiger partial charge in [0.25, 0.3) is 0 Å². The zero-order chi connectivity index (χ0) is 13.4. The van der Waals surface area contributed by atoms with E-state index in [9.17, 15) is 0 Å². The summed E-state index contributed by atoms with van der Waals surface area (Å²) in [5.41, 5.74) is 1.17. The van der Waals surface area contributed by atoms with Gasteiger partial charge in [0.15, 0.2) is 11.5 Å². The molecule has 1 atom stereocenters. The van der Waals surface area contributed by atoms with Crippen LogP contribution in [0.3, 0.4) is 0 Å². The maximum Gasteiger partial charge on any atom is 0.161 e. The molecule has 0 aliphatic rings. The van der Waals surface area contributed by atoms with Gasteiger partial charge in [-0.3, -0.25) is 0 Å². The first-order valence-electron chi connectivity index (χ1n) is 6.56. The van der Waals surface area contributed by atoms with E-state index in [0.717, 1.165) is 24.3 Å². The molecule has 18 heavy (non-hydrogen) atoms. The molecule has 0 amide bonds. The quantitative estimate of drug-likeness (QED) is 0.662. The zero-order valence-electron chi connectivity index (χ0n) is 11.9. The number of aryl methyl sites for hydroxylation is 1. The van der Waals surface area contributed by atoms with E-state index in [1.807, 2.05) is 18.2 Å². The van der Waals surface area contributed by atoms with Gasteiger partial charge in [-0.05, 0) is 38.0 Å². The lowest BCUT2D eigenvalue weighted by Gasteiger charge is -2.17. The number of rotatable bonds is 8. The van der Waals surface area contributed by atoms with E-state index >= 15 is 0 Å². The molecule has 102 valence electrons. The van der Waals surface area contributed by atoms with Crippen molar-refractivity contribution in [3.63, 3.8) is 0 Å². The van der Waals surface area contributed by atoms with Crippen molar-refractivity contribution in [2.45, 2.75) is 39.7 Å². The summed E-state index contributed by atoms with van der Waals surface area (Å²) in [6.45, 7) is 7.59. The van der Waals surface area contributed by atoms with Crippen molar-refractivity contribution in [1.82, 2.24) is 0 Å². The third-order valence-corrected chi connectivity index (χ3v) is 2.75. The van der Waals surface area contributed by atoms with Crippen LogP contribution in [-0.2, 0) is 4.74 Å². The molecule has 3 heteroatoms. The Kier molecular flexibility index (Phi) is 6.58. The minimum absolute atomic E-state index is 0.203. The smallest absolute Gasteiger partial charge is 0.161 e. The highest BCUT2D eigenvalue weighted by Gasteiger charge is 2.08. The third-order valence-electron chi connectivity index (χ3n) is 2.75. The Labute approximate surface area is 110 Å². The van der Waals surface area contributed by atoms with Gasteiger partial charge in [-0.2, -0.15) is 0 Å². The van der Waals surface area contributed by atoms with Gasteiger partial charge in [-0.25, -0.2) is 0 Å². The summed E-state index contributed by atoms with van der Waals surface area (Å²) in [4.78, 5) is 0. The monoisotopic (exact) mass is 252 g/mol. The topological polar surface area (TPSA) is 27.7 Å². The average Bonchev–Trinajstić information content (AvgIpc) is 2.37. The minimum Gasteiger partial charge on any atom is -0.490 e. The van der Waals surface area contributed by atoms with Gasteiger partial charge < -0.3 is 14.2 Å². The van der Waals surface area contributed by atoms with Crippen LogP contribution >= 0.6 is 0 Å². The molecule has 1 aromatic rings. The van der Waals surface area contributed by atoms with Crippen LogP contribution in [0.15, 0.2) is 18.2 Å². The van der Waals surface area contributed by atoms with Crippen LogP contribution in [0.25, 0.3) is 0 Å². The SMILES string of the molecule is CCC(C)Oc1ccc(C)cc1OCCCOC. The second-order valence-corrected chi connectivity index (χ2v) is 4.48. The summed E-state index contributed by atoms with van der Waals surface area (Å²) in [7, 11) is 1.70. The minimum atomic E-state index is 0.203. The lowest BCUT2D eigenvalue weighted by Crippen LogP contribution is -2.11. The predicted molar refractivity (Wildman–Crippen MR) is 73.5 cm³/mol. The van der Waals surface area contributed by atoms with Gasteiger partial charge in [0.1, 0.15) is 0 Å². The van der Waals surface area contributed by atoms with E-state index in [-0.39, 0.29) is 6.10 Å². The highest BCUT2D eigenvalue weighted by Crippen LogP contribution is 2.29. The molecule has 0 spiro atoms. The van der Waals surface area contributed by atoms with Crippen molar-refractivity contribution in [3.8, 4) is 11.5 Å². The Morgan fingerprint density at radius 2 is 1.94 bits per heavy atom. The number of ether oxygens (including phenoxy) is 3. The van der Waals surface area contributed by atoms with E-state index in [0.29, 0.717) is 13.2 Å². The summed E-state index contributed by atoms with van der Waals surface area (Å²) in [6.07, 6.45) is 2.07. The van der Waals surface area contributed by atoms with Crippen molar-refractivity contribution < 1.29 is 14.2 Å². The van der Waals surface area contributed by atoms with E-state index < -0.39 is 0 Å². The Bertz CT molecular complexity index is 350. The molecule has 1 aromatic carbocycles. The Morgan fingerprint density at radius 3 is 2.61 bits per heavy atom. The standard InChI is InChI=1S/C15H24O3/c1-5-13(3)18-14-8-7-12(2)11-15(14)17-10-6-9-16-4/h7-8,11,13H,5-6,9-10H2,1-4H3. The second kappa shape index (κ2) is 7.98. The van der Waals surface area contributed by atoms with Crippen LogP contribution in [-0.4, -0.2) is 26.4 Å². The number of methoxy groups -OCH3 is 1. The van der Waals surface area contributed by atoms with E-state index in [4.69, 9.17) is 14.2 Å². The van der Waals surface area contributed by atoms with Gasteiger partial charge >= 0.3 is 0 Å². The van der Waals surface area contributed by atoms with Gasteiger partial charge in [0, 0.05) is 20.1 Å². The fourth-order valence-corrected chi connectivity index (χ4v) is 1.51. The van der Waals surface area contributed by atoms with E-state index in [1.54, 1.807) is 7.11 Å². The number of benzene rings is 1. The zero-order valence-corrected chi connectivity index (χ0v) is 11.9. The van der Waals surface area contributed by atoms with Crippen LogP contribution < -0.4 is 9.47 Å². The van der Waals surface area contributed by atoms with Crippen molar-refractivity contribution in [2.24, 2.45) is 0 Å². The molecule has 1 rings (SSSR count).